The lowest BCUT2D eigenvalue weighted by Gasteiger charge is -2.28. The van der Waals surface area contributed by atoms with E-state index >= 15 is 0 Å². The largest absolute Gasteiger partial charge is 0.352 e. The Morgan fingerprint density at radius 1 is 1.35 bits per heavy atom. The van der Waals surface area contributed by atoms with Gasteiger partial charge in [-0.25, -0.2) is 4.98 Å². The molecule has 1 aliphatic rings. The summed E-state index contributed by atoms with van der Waals surface area (Å²) in [5, 5.41) is 3.41. The Kier molecular flexibility index (Phi) is 5.18. The van der Waals surface area contributed by atoms with Gasteiger partial charge in [-0.2, -0.15) is 0 Å². The van der Waals surface area contributed by atoms with E-state index in [4.69, 9.17) is 4.98 Å². The third kappa shape index (κ3) is 3.83. The molecule has 2 rings (SSSR count). The second kappa shape index (κ2) is 6.89. The molecule has 0 unspecified atom stereocenters. The number of hydrogen-bond acceptors (Lipinski definition) is 3. The number of nitrogens with zero attached hydrogens (tertiary/aromatic N) is 2. The van der Waals surface area contributed by atoms with Crippen molar-refractivity contribution in [3.63, 3.8) is 0 Å². The summed E-state index contributed by atoms with van der Waals surface area (Å²) in [5.74, 6) is 1.60. The monoisotopic (exact) mass is 273 g/mol. The highest BCUT2D eigenvalue weighted by molar-refractivity contribution is 5.45. The zero-order chi connectivity index (χ0) is 14.5. The fraction of sp³-hybridized carbons (Fsp3) is 0.588. The molecule has 1 aromatic rings. The molecule has 0 bridgehead atoms. The van der Waals surface area contributed by atoms with Crippen LogP contribution >= 0.6 is 0 Å². The minimum Gasteiger partial charge on any atom is -0.352 e. The van der Waals surface area contributed by atoms with Crippen LogP contribution in [0.2, 0.25) is 0 Å². The van der Waals surface area contributed by atoms with Crippen LogP contribution in [0.3, 0.4) is 0 Å². The zero-order valence-corrected chi connectivity index (χ0v) is 13.2. The summed E-state index contributed by atoms with van der Waals surface area (Å²) in [6, 6.07) is 4.48. The van der Waals surface area contributed by atoms with Crippen molar-refractivity contribution in [3.8, 4) is 0 Å². The second-order valence-electron chi connectivity index (χ2n) is 5.95. The number of rotatable bonds is 5. The quantitative estimate of drug-likeness (QED) is 0.833. The first-order valence-corrected chi connectivity index (χ1v) is 7.72. The summed E-state index contributed by atoms with van der Waals surface area (Å²) in [7, 11) is 0. The summed E-state index contributed by atoms with van der Waals surface area (Å²) in [6.45, 7) is 12.8. The van der Waals surface area contributed by atoms with Crippen LogP contribution in [0.5, 0.6) is 0 Å². The Morgan fingerprint density at radius 2 is 2.15 bits per heavy atom. The van der Waals surface area contributed by atoms with Crippen LogP contribution in [0, 0.1) is 0 Å². The molecule has 1 N–H and O–H groups in total. The molecule has 0 saturated heterocycles. The molecule has 0 saturated carbocycles. The fourth-order valence-corrected chi connectivity index (χ4v) is 2.53. The third-order valence-corrected chi connectivity index (χ3v) is 3.72. The highest BCUT2D eigenvalue weighted by atomic mass is 15.2. The lowest BCUT2D eigenvalue weighted by Crippen LogP contribution is -2.30. The first-order chi connectivity index (χ1) is 9.60. The normalized spacial score (nSPS) is 15.7. The van der Waals surface area contributed by atoms with E-state index in [-0.39, 0.29) is 0 Å². The Hall–Kier alpha value is -1.35. The van der Waals surface area contributed by atoms with E-state index in [0.29, 0.717) is 5.92 Å². The van der Waals surface area contributed by atoms with Gasteiger partial charge in [0, 0.05) is 25.3 Å². The van der Waals surface area contributed by atoms with Crippen LogP contribution in [0.4, 0.5) is 5.82 Å². The average molecular weight is 273 g/mol. The molecule has 0 radical (unpaired) electrons. The van der Waals surface area contributed by atoms with Gasteiger partial charge >= 0.3 is 0 Å². The molecule has 0 amide bonds. The van der Waals surface area contributed by atoms with E-state index in [0.717, 1.165) is 38.4 Å². The maximum atomic E-state index is 4.87. The molecular weight excluding hydrogens is 246 g/mol. The average Bonchev–Trinajstić information content (AvgIpc) is 2.44. The zero-order valence-electron chi connectivity index (χ0n) is 13.2. The predicted octanol–water partition coefficient (Wildman–Crippen LogP) is 3.47. The minimum atomic E-state index is 0.469. The van der Waals surface area contributed by atoms with Gasteiger partial charge in [-0.3, -0.25) is 0 Å². The molecule has 2 heterocycles. The molecule has 0 atom stereocenters. The van der Waals surface area contributed by atoms with Gasteiger partial charge in [0.1, 0.15) is 5.82 Å². The Bertz CT molecular complexity index is 477. The van der Waals surface area contributed by atoms with Gasteiger partial charge in [0.25, 0.3) is 0 Å². The number of hydrogen-bond donors (Lipinski definition) is 1. The molecule has 0 fully saturated rings. The van der Waals surface area contributed by atoms with Crippen molar-refractivity contribution in [2.45, 2.75) is 46.6 Å². The van der Waals surface area contributed by atoms with Crippen molar-refractivity contribution in [2.24, 2.45) is 0 Å². The van der Waals surface area contributed by atoms with Crippen LogP contribution in [0.15, 0.2) is 23.8 Å². The highest BCUT2D eigenvalue weighted by Gasteiger charge is 2.14. The molecule has 3 heteroatoms. The van der Waals surface area contributed by atoms with Gasteiger partial charge in [-0.1, -0.05) is 32.4 Å². The van der Waals surface area contributed by atoms with Crippen LogP contribution in [-0.4, -0.2) is 24.6 Å². The lowest BCUT2D eigenvalue weighted by molar-refractivity contribution is 0.714. The van der Waals surface area contributed by atoms with E-state index in [1.165, 1.54) is 16.8 Å². The maximum Gasteiger partial charge on any atom is 0.129 e. The lowest BCUT2D eigenvalue weighted by atomic mass is 10.1. The molecule has 1 aromatic heterocycles. The molecule has 0 aromatic carbocycles. The van der Waals surface area contributed by atoms with Gasteiger partial charge in [-0.15, -0.1) is 0 Å². The van der Waals surface area contributed by atoms with Crippen LogP contribution in [0.1, 0.15) is 51.3 Å². The van der Waals surface area contributed by atoms with E-state index in [9.17, 15) is 0 Å². The molecule has 110 valence electrons. The van der Waals surface area contributed by atoms with Gasteiger partial charge in [-0.05, 0) is 43.5 Å². The Labute approximate surface area is 123 Å². The Morgan fingerprint density at radius 3 is 2.80 bits per heavy atom. The molecule has 0 spiro atoms. The van der Waals surface area contributed by atoms with Crippen molar-refractivity contribution >= 4 is 5.82 Å². The van der Waals surface area contributed by atoms with Crippen molar-refractivity contribution in [3.05, 3.63) is 35.0 Å². The van der Waals surface area contributed by atoms with Crippen LogP contribution < -0.4 is 10.2 Å². The minimum absolute atomic E-state index is 0.469. The second-order valence-corrected chi connectivity index (χ2v) is 5.95. The van der Waals surface area contributed by atoms with Gasteiger partial charge in [0.2, 0.25) is 0 Å². The number of pyridine rings is 1. The smallest absolute Gasteiger partial charge is 0.129 e. The van der Waals surface area contributed by atoms with Crippen LogP contribution in [0.25, 0.3) is 0 Å². The fourth-order valence-electron chi connectivity index (χ4n) is 2.53. The van der Waals surface area contributed by atoms with E-state index < -0.39 is 0 Å². The van der Waals surface area contributed by atoms with Crippen LogP contribution in [-0.2, 0) is 6.54 Å². The SMILES string of the molecule is CCNCc1cc(C(C)C)nc(N2CCC=C(C)C2)c1. The first-order valence-electron chi connectivity index (χ1n) is 7.72. The summed E-state index contributed by atoms with van der Waals surface area (Å²) >= 11 is 0. The van der Waals surface area contributed by atoms with Gasteiger partial charge < -0.3 is 10.2 Å². The van der Waals surface area contributed by atoms with Gasteiger partial charge in [0.05, 0.1) is 0 Å². The number of aromatic nitrogens is 1. The summed E-state index contributed by atoms with van der Waals surface area (Å²) in [4.78, 5) is 7.27. The standard InChI is InChI=1S/C17H27N3/c1-5-18-11-15-9-16(13(2)3)19-17(10-15)20-8-6-7-14(4)12-20/h7,9-10,13,18H,5-6,8,11-12H2,1-4H3. The molecule has 3 nitrogen and oxygen atoms in total. The van der Waals surface area contributed by atoms with Crippen molar-refractivity contribution in [1.82, 2.24) is 10.3 Å². The summed E-state index contributed by atoms with van der Waals surface area (Å²) < 4.78 is 0. The molecule has 20 heavy (non-hydrogen) atoms. The third-order valence-electron chi connectivity index (χ3n) is 3.72. The van der Waals surface area contributed by atoms with Crippen molar-refractivity contribution in [2.75, 3.05) is 24.5 Å². The van der Waals surface area contributed by atoms with E-state index in [1.54, 1.807) is 0 Å². The number of anilines is 1. The summed E-state index contributed by atoms with van der Waals surface area (Å²) in [6.07, 6.45) is 3.46. The Balaban J connectivity index is 2.26. The van der Waals surface area contributed by atoms with Crippen molar-refractivity contribution in [1.29, 1.82) is 0 Å². The molecule has 1 aliphatic heterocycles. The highest BCUT2D eigenvalue weighted by Crippen LogP contribution is 2.23. The maximum absolute atomic E-state index is 4.87. The predicted molar refractivity (Wildman–Crippen MR) is 86.3 cm³/mol. The first kappa shape index (κ1) is 15.0. The topological polar surface area (TPSA) is 28.2 Å². The molecular formula is C17H27N3. The number of nitrogens with one attached hydrogen (secondary N) is 1. The van der Waals surface area contributed by atoms with E-state index in [2.05, 4.69) is 56.1 Å². The van der Waals surface area contributed by atoms with Gasteiger partial charge in [0.15, 0.2) is 0 Å². The van der Waals surface area contributed by atoms with E-state index in [1.807, 2.05) is 0 Å². The molecule has 0 aliphatic carbocycles. The van der Waals surface area contributed by atoms with Crippen molar-refractivity contribution < 1.29 is 0 Å². The summed E-state index contributed by atoms with van der Waals surface area (Å²) in [5.41, 5.74) is 3.98.